The van der Waals surface area contributed by atoms with Crippen molar-refractivity contribution >= 4 is 45.8 Å². The molecule has 0 fully saturated rings. The van der Waals surface area contributed by atoms with Gasteiger partial charge < -0.3 is 4.74 Å². The van der Waals surface area contributed by atoms with Crippen LogP contribution in [0.3, 0.4) is 0 Å². The fourth-order valence-corrected chi connectivity index (χ4v) is 2.10. The second-order valence-corrected chi connectivity index (χ2v) is 5.36. The van der Waals surface area contributed by atoms with Gasteiger partial charge >= 0.3 is 0 Å². The molecule has 3 nitrogen and oxygen atoms in total. The number of hydrogen-bond acceptors (Lipinski definition) is 3. The molecule has 0 spiro atoms. The summed E-state index contributed by atoms with van der Waals surface area (Å²) in [6.07, 6.45) is 0.584. The van der Waals surface area contributed by atoms with Gasteiger partial charge in [0.05, 0.1) is 10.7 Å². The standard InChI is InChI=1S/C12H9Cl2IN2O/c1-18-8-4-2-7(3-5-8)6-9-16-11(13)10(15)12(14)17-9/h2-5H,6H2,1H3. The minimum Gasteiger partial charge on any atom is -0.497 e. The van der Waals surface area contributed by atoms with Crippen LogP contribution in [0.25, 0.3) is 0 Å². The maximum atomic E-state index is 5.97. The molecule has 0 aliphatic heterocycles. The lowest BCUT2D eigenvalue weighted by Crippen LogP contribution is -1.99. The van der Waals surface area contributed by atoms with Gasteiger partial charge in [-0.25, -0.2) is 9.97 Å². The molecule has 6 heteroatoms. The van der Waals surface area contributed by atoms with Crippen LogP contribution in [0.5, 0.6) is 5.75 Å². The van der Waals surface area contributed by atoms with E-state index in [4.69, 9.17) is 27.9 Å². The minimum absolute atomic E-state index is 0.388. The van der Waals surface area contributed by atoms with E-state index in [0.717, 1.165) is 11.3 Å². The van der Waals surface area contributed by atoms with E-state index in [1.807, 2.05) is 46.9 Å². The Kier molecular flexibility index (Phi) is 4.64. The average Bonchev–Trinajstić information content (AvgIpc) is 2.37. The highest BCUT2D eigenvalue weighted by Crippen LogP contribution is 2.23. The second kappa shape index (κ2) is 6.04. The molecule has 0 aliphatic carbocycles. The third-order valence-corrected chi connectivity index (χ3v) is 4.54. The molecular weight excluding hydrogens is 386 g/mol. The van der Waals surface area contributed by atoms with Crippen molar-refractivity contribution in [1.82, 2.24) is 9.97 Å². The van der Waals surface area contributed by atoms with Crippen molar-refractivity contribution in [1.29, 1.82) is 0 Å². The Balaban J connectivity index is 2.23. The van der Waals surface area contributed by atoms with Crippen LogP contribution in [0.1, 0.15) is 11.4 Å². The largest absolute Gasteiger partial charge is 0.497 e. The predicted octanol–water partition coefficient (Wildman–Crippen LogP) is 3.99. The molecule has 0 atom stereocenters. The van der Waals surface area contributed by atoms with Gasteiger partial charge in [-0.2, -0.15) is 0 Å². The van der Waals surface area contributed by atoms with E-state index >= 15 is 0 Å². The van der Waals surface area contributed by atoms with Crippen LogP contribution in [0, 0.1) is 3.57 Å². The number of ether oxygens (including phenoxy) is 1. The fraction of sp³-hybridized carbons (Fsp3) is 0.167. The number of hydrogen-bond donors (Lipinski definition) is 0. The number of aromatic nitrogens is 2. The molecule has 0 saturated heterocycles. The van der Waals surface area contributed by atoms with E-state index in [9.17, 15) is 0 Å². The number of halogens is 3. The normalized spacial score (nSPS) is 10.4. The molecule has 1 heterocycles. The van der Waals surface area contributed by atoms with Gasteiger partial charge in [0.15, 0.2) is 0 Å². The van der Waals surface area contributed by atoms with Gasteiger partial charge in [-0.3, -0.25) is 0 Å². The van der Waals surface area contributed by atoms with Crippen LogP contribution < -0.4 is 4.74 Å². The summed E-state index contributed by atoms with van der Waals surface area (Å²) in [6, 6.07) is 7.71. The van der Waals surface area contributed by atoms with Crippen molar-refractivity contribution in [2.75, 3.05) is 7.11 Å². The number of rotatable bonds is 3. The van der Waals surface area contributed by atoms with Crippen LogP contribution >= 0.6 is 45.8 Å². The first-order valence-electron chi connectivity index (χ1n) is 5.10. The smallest absolute Gasteiger partial charge is 0.147 e. The highest BCUT2D eigenvalue weighted by molar-refractivity contribution is 14.1. The van der Waals surface area contributed by atoms with Crippen molar-refractivity contribution in [3.05, 3.63) is 49.5 Å². The van der Waals surface area contributed by atoms with Crippen LogP contribution in [0.2, 0.25) is 10.3 Å². The van der Waals surface area contributed by atoms with Crippen molar-refractivity contribution in [2.45, 2.75) is 6.42 Å². The summed E-state index contributed by atoms with van der Waals surface area (Å²) in [5.41, 5.74) is 1.07. The van der Waals surface area contributed by atoms with Gasteiger partial charge in [-0.1, -0.05) is 35.3 Å². The van der Waals surface area contributed by atoms with Crippen LogP contribution in [-0.2, 0) is 6.42 Å². The van der Waals surface area contributed by atoms with E-state index in [0.29, 0.717) is 26.1 Å². The van der Waals surface area contributed by atoms with Gasteiger partial charge in [0, 0.05) is 6.42 Å². The SMILES string of the molecule is COc1ccc(Cc2nc(Cl)c(I)c(Cl)n2)cc1. The van der Waals surface area contributed by atoms with Gasteiger partial charge in [0.25, 0.3) is 0 Å². The van der Waals surface area contributed by atoms with Gasteiger partial charge in [-0.15, -0.1) is 0 Å². The predicted molar refractivity (Wildman–Crippen MR) is 80.6 cm³/mol. The number of benzene rings is 1. The molecule has 0 aliphatic rings. The summed E-state index contributed by atoms with van der Waals surface area (Å²) in [6.45, 7) is 0. The zero-order valence-corrected chi connectivity index (χ0v) is 13.1. The zero-order valence-electron chi connectivity index (χ0n) is 9.45. The fourth-order valence-electron chi connectivity index (χ4n) is 1.44. The molecule has 0 radical (unpaired) electrons. The molecule has 0 saturated carbocycles. The Morgan fingerprint density at radius 3 is 2.17 bits per heavy atom. The molecular formula is C12H9Cl2IN2O. The summed E-state index contributed by atoms with van der Waals surface area (Å²) in [5, 5.41) is 0.776. The lowest BCUT2D eigenvalue weighted by atomic mass is 10.1. The van der Waals surface area contributed by atoms with Crippen LogP contribution in [-0.4, -0.2) is 17.1 Å². The van der Waals surface area contributed by atoms with E-state index < -0.39 is 0 Å². The maximum absolute atomic E-state index is 5.97. The van der Waals surface area contributed by atoms with E-state index in [1.54, 1.807) is 7.11 Å². The summed E-state index contributed by atoms with van der Waals surface area (Å²) in [4.78, 5) is 8.41. The highest BCUT2D eigenvalue weighted by Gasteiger charge is 2.09. The quantitative estimate of drug-likeness (QED) is 0.583. The molecule has 1 aromatic carbocycles. The molecule has 2 aromatic rings. The first-order chi connectivity index (χ1) is 8.60. The van der Waals surface area contributed by atoms with Crippen molar-refractivity contribution < 1.29 is 4.74 Å². The van der Waals surface area contributed by atoms with Crippen LogP contribution in [0.15, 0.2) is 24.3 Å². The topological polar surface area (TPSA) is 35.0 Å². The Labute approximate surface area is 129 Å². The van der Waals surface area contributed by atoms with E-state index in [-0.39, 0.29) is 0 Å². The molecule has 0 bridgehead atoms. The summed E-state index contributed by atoms with van der Waals surface area (Å²) in [5.74, 6) is 1.42. The summed E-state index contributed by atoms with van der Waals surface area (Å²) < 4.78 is 5.77. The maximum Gasteiger partial charge on any atom is 0.147 e. The van der Waals surface area contributed by atoms with Gasteiger partial charge in [0.2, 0.25) is 0 Å². The van der Waals surface area contributed by atoms with Crippen molar-refractivity contribution in [3.63, 3.8) is 0 Å². The third kappa shape index (κ3) is 3.24. The first-order valence-corrected chi connectivity index (χ1v) is 6.94. The summed E-state index contributed by atoms with van der Waals surface area (Å²) in [7, 11) is 1.64. The third-order valence-electron chi connectivity index (χ3n) is 2.34. The van der Waals surface area contributed by atoms with Crippen LogP contribution in [0.4, 0.5) is 0 Å². The Morgan fingerprint density at radius 2 is 1.67 bits per heavy atom. The molecule has 1 aromatic heterocycles. The highest BCUT2D eigenvalue weighted by atomic mass is 127. The molecule has 0 N–H and O–H groups in total. The average molecular weight is 395 g/mol. The molecule has 2 rings (SSSR count). The Hall–Kier alpha value is -0.590. The first kappa shape index (κ1) is 13.8. The molecule has 94 valence electrons. The Bertz CT molecular complexity index is 537. The molecule has 0 amide bonds. The number of methoxy groups -OCH3 is 1. The van der Waals surface area contributed by atoms with E-state index in [1.165, 1.54) is 0 Å². The van der Waals surface area contributed by atoms with Crippen molar-refractivity contribution in [2.24, 2.45) is 0 Å². The second-order valence-electron chi connectivity index (χ2n) is 3.56. The molecule has 18 heavy (non-hydrogen) atoms. The Morgan fingerprint density at radius 1 is 1.11 bits per heavy atom. The van der Waals surface area contributed by atoms with Gasteiger partial charge in [0.1, 0.15) is 21.9 Å². The van der Waals surface area contributed by atoms with Gasteiger partial charge in [-0.05, 0) is 40.3 Å². The number of nitrogens with zero attached hydrogens (tertiary/aromatic N) is 2. The molecule has 0 unspecified atom stereocenters. The minimum atomic E-state index is 0.388. The van der Waals surface area contributed by atoms with E-state index in [2.05, 4.69) is 9.97 Å². The van der Waals surface area contributed by atoms with Crippen molar-refractivity contribution in [3.8, 4) is 5.75 Å². The monoisotopic (exact) mass is 394 g/mol. The lowest BCUT2D eigenvalue weighted by molar-refractivity contribution is 0.414. The summed E-state index contributed by atoms with van der Waals surface area (Å²) >= 11 is 14.0. The zero-order chi connectivity index (χ0) is 13.1. The lowest BCUT2D eigenvalue weighted by Gasteiger charge is -2.05.